The van der Waals surface area contributed by atoms with Crippen LogP contribution in [0, 0.1) is 0 Å². The number of benzene rings is 1. The van der Waals surface area contributed by atoms with Crippen LogP contribution in [-0.2, 0) is 20.0 Å². The lowest BCUT2D eigenvalue weighted by Gasteiger charge is -2.06. The van der Waals surface area contributed by atoms with Gasteiger partial charge in [0, 0.05) is 47.7 Å². The fourth-order valence-electron chi connectivity index (χ4n) is 3.71. The molecular formula is C19H19N3O4. The maximum absolute atomic E-state index is 12.1. The number of carboxylic acids is 1. The lowest BCUT2D eigenvalue weighted by molar-refractivity contribution is 0.0691. The second kappa shape index (κ2) is 5.74. The summed E-state index contributed by atoms with van der Waals surface area (Å²) in [5.41, 5.74) is 3.57. The molecule has 0 saturated carbocycles. The van der Waals surface area contributed by atoms with Gasteiger partial charge in [-0.25, -0.2) is 4.79 Å². The molecule has 2 aromatic heterocycles. The van der Waals surface area contributed by atoms with E-state index in [0.29, 0.717) is 17.7 Å². The zero-order chi connectivity index (χ0) is 18.6. The van der Waals surface area contributed by atoms with Gasteiger partial charge in [0.25, 0.3) is 5.56 Å². The summed E-state index contributed by atoms with van der Waals surface area (Å²) in [7, 11) is 2.01. The number of hydrogen-bond donors (Lipinski definition) is 4. The molecule has 0 spiro atoms. The molecule has 1 aliphatic carbocycles. The number of pyridine rings is 1. The molecule has 0 saturated heterocycles. The highest BCUT2D eigenvalue weighted by Crippen LogP contribution is 2.41. The monoisotopic (exact) mass is 353 g/mol. The van der Waals surface area contributed by atoms with Crippen molar-refractivity contribution in [3.63, 3.8) is 0 Å². The standard InChI is InChI=1S/C19H19N3O4/c1-3-20-8-11-4-10-6-12-9(7-14(10)22(11)2)5-13-16(12)21-18(24)15(17(13)23)19(25)26/h4,6-7,20H,3,5,8H2,1-2H3,(H,25,26)(H2,21,23,24). The minimum Gasteiger partial charge on any atom is -0.506 e. The molecule has 0 radical (unpaired) electrons. The highest BCUT2D eigenvalue weighted by atomic mass is 16.4. The molecule has 4 rings (SSSR count). The van der Waals surface area contributed by atoms with Crippen LogP contribution in [-0.4, -0.2) is 32.3 Å². The third-order valence-corrected chi connectivity index (χ3v) is 5.06. The summed E-state index contributed by atoms with van der Waals surface area (Å²) in [6.45, 7) is 3.71. The number of aromatic hydroxyl groups is 1. The van der Waals surface area contributed by atoms with Gasteiger partial charge in [0.15, 0.2) is 5.56 Å². The number of aromatic amines is 1. The predicted octanol–water partition coefficient (Wildman–Crippen LogP) is 1.95. The number of H-pyrrole nitrogens is 1. The molecule has 0 unspecified atom stereocenters. The van der Waals surface area contributed by atoms with Crippen molar-refractivity contribution in [2.75, 3.05) is 6.54 Å². The Morgan fingerprint density at radius 2 is 2.12 bits per heavy atom. The van der Waals surface area contributed by atoms with Crippen LogP contribution in [0.25, 0.3) is 22.2 Å². The highest BCUT2D eigenvalue weighted by molar-refractivity contribution is 5.95. The van der Waals surface area contributed by atoms with E-state index in [2.05, 4.69) is 27.9 Å². The second-order valence-electron chi connectivity index (χ2n) is 6.56. The third kappa shape index (κ3) is 2.24. The maximum Gasteiger partial charge on any atom is 0.345 e. The molecule has 7 heteroatoms. The lowest BCUT2D eigenvalue weighted by Crippen LogP contribution is -2.19. The zero-order valence-electron chi connectivity index (χ0n) is 14.5. The van der Waals surface area contributed by atoms with Crippen molar-refractivity contribution >= 4 is 16.9 Å². The van der Waals surface area contributed by atoms with Crippen LogP contribution < -0.4 is 10.9 Å². The molecule has 7 nitrogen and oxygen atoms in total. The Hall–Kier alpha value is -3.06. The number of rotatable bonds is 4. The van der Waals surface area contributed by atoms with Gasteiger partial charge >= 0.3 is 5.97 Å². The highest BCUT2D eigenvalue weighted by Gasteiger charge is 2.29. The maximum atomic E-state index is 12.1. The number of aromatic nitrogens is 2. The number of nitrogens with zero attached hydrogens (tertiary/aromatic N) is 1. The number of aryl methyl sites for hydroxylation is 1. The quantitative estimate of drug-likeness (QED) is 0.449. The fraction of sp³-hybridized carbons (Fsp3) is 0.263. The Kier molecular flexibility index (Phi) is 3.62. The molecule has 0 aliphatic heterocycles. The summed E-state index contributed by atoms with van der Waals surface area (Å²) in [5, 5.41) is 23.8. The number of hydrogen-bond acceptors (Lipinski definition) is 4. The van der Waals surface area contributed by atoms with E-state index < -0.39 is 22.8 Å². The summed E-state index contributed by atoms with van der Waals surface area (Å²) in [6.07, 6.45) is 0.386. The van der Waals surface area contributed by atoms with Crippen LogP contribution in [0.5, 0.6) is 5.75 Å². The molecule has 0 fully saturated rings. The Morgan fingerprint density at radius 1 is 1.35 bits per heavy atom. The van der Waals surface area contributed by atoms with Gasteiger partial charge in [0.05, 0.1) is 5.69 Å². The minimum absolute atomic E-state index is 0.386. The van der Waals surface area contributed by atoms with Crippen molar-refractivity contribution < 1.29 is 15.0 Å². The first-order valence-corrected chi connectivity index (χ1v) is 8.46. The van der Waals surface area contributed by atoms with Gasteiger partial charge in [-0.1, -0.05) is 6.92 Å². The number of fused-ring (bicyclic) bond motifs is 4. The second-order valence-corrected chi connectivity index (χ2v) is 6.56. The van der Waals surface area contributed by atoms with E-state index in [4.69, 9.17) is 5.11 Å². The largest absolute Gasteiger partial charge is 0.506 e. The van der Waals surface area contributed by atoms with Crippen LogP contribution >= 0.6 is 0 Å². The first-order valence-electron chi connectivity index (χ1n) is 8.46. The first kappa shape index (κ1) is 16.4. The summed E-state index contributed by atoms with van der Waals surface area (Å²) in [5.74, 6) is -1.87. The van der Waals surface area contributed by atoms with E-state index in [-0.39, 0.29) is 0 Å². The number of aromatic carboxylic acids is 1. The normalized spacial score (nSPS) is 12.4. The van der Waals surface area contributed by atoms with Crippen molar-refractivity contribution in [2.45, 2.75) is 19.9 Å². The summed E-state index contributed by atoms with van der Waals surface area (Å²) >= 11 is 0. The van der Waals surface area contributed by atoms with E-state index in [9.17, 15) is 14.7 Å². The molecule has 0 amide bonds. The molecule has 0 bridgehead atoms. The van der Waals surface area contributed by atoms with E-state index in [1.54, 1.807) is 0 Å². The van der Waals surface area contributed by atoms with Gasteiger partial charge in [0.2, 0.25) is 0 Å². The van der Waals surface area contributed by atoms with Crippen LogP contribution in [0.3, 0.4) is 0 Å². The summed E-state index contributed by atoms with van der Waals surface area (Å²) < 4.78 is 2.12. The molecule has 1 aliphatic rings. The molecule has 134 valence electrons. The molecule has 4 N–H and O–H groups in total. The SMILES string of the molecule is CCNCc1cc2cc3c(cc2n1C)Cc1c-3[nH]c(=O)c(C(=O)O)c1O. The Bertz CT molecular complexity index is 1120. The van der Waals surface area contributed by atoms with Crippen molar-refractivity contribution in [3.8, 4) is 17.0 Å². The predicted molar refractivity (Wildman–Crippen MR) is 97.8 cm³/mol. The topological polar surface area (TPSA) is 107 Å². The first-order chi connectivity index (χ1) is 12.4. The molecule has 26 heavy (non-hydrogen) atoms. The Labute approximate surface area is 148 Å². The minimum atomic E-state index is -1.43. The van der Waals surface area contributed by atoms with E-state index in [0.717, 1.165) is 40.8 Å². The van der Waals surface area contributed by atoms with Gasteiger partial charge in [-0.3, -0.25) is 4.79 Å². The smallest absolute Gasteiger partial charge is 0.345 e. The number of nitrogens with one attached hydrogen (secondary N) is 2. The molecule has 1 aromatic carbocycles. The van der Waals surface area contributed by atoms with Gasteiger partial charge in [-0.05, 0) is 30.3 Å². The van der Waals surface area contributed by atoms with Crippen LogP contribution in [0.2, 0.25) is 0 Å². The number of carbonyl (C=O) groups is 1. The van der Waals surface area contributed by atoms with E-state index >= 15 is 0 Å². The average molecular weight is 353 g/mol. The van der Waals surface area contributed by atoms with Gasteiger partial charge < -0.3 is 25.1 Å². The Balaban J connectivity index is 1.90. The molecular weight excluding hydrogens is 334 g/mol. The lowest BCUT2D eigenvalue weighted by atomic mass is 10.1. The summed E-state index contributed by atoms with van der Waals surface area (Å²) in [4.78, 5) is 26.0. The average Bonchev–Trinajstić information content (AvgIpc) is 3.09. The van der Waals surface area contributed by atoms with Crippen LogP contribution in [0.1, 0.15) is 34.1 Å². The van der Waals surface area contributed by atoms with Crippen molar-refractivity contribution in [1.82, 2.24) is 14.9 Å². The van der Waals surface area contributed by atoms with E-state index in [1.165, 1.54) is 0 Å². The van der Waals surface area contributed by atoms with Crippen molar-refractivity contribution in [2.24, 2.45) is 7.05 Å². The van der Waals surface area contributed by atoms with E-state index in [1.807, 2.05) is 19.2 Å². The number of carboxylic acid groups (broad SMARTS) is 1. The van der Waals surface area contributed by atoms with Crippen LogP contribution in [0.4, 0.5) is 0 Å². The van der Waals surface area contributed by atoms with Crippen molar-refractivity contribution in [1.29, 1.82) is 0 Å². The Morgan fingerprint density at radius 3 is 2.81 bits per heavy atom. The van der Waals surface area contributed by atoms with Crippen molar-refractivity contribution in [3.05, 3.63) is 50.9 Å². The fourth-order valence-corrected chi connectivity index (χ4v) is 3.71. The molecule has 0 atom stereocenters. The van der Waals surface area contributed by atoms with Gasteiger partial charge in [-0.2, -0.15) is 0 Å². The molecule has 2 heterocycles. The van der Waals surface area contributed by atoms with Gasteiger partial charge in [0.1, 0.15) is 5.75 Å². The third-order valence-electron chi connectivity index (χ3n) is 5.06. The molecule has 3 aromatic rings. The zero-order valence-corrected chi connectivity index (χ0v) is 14.5. The summed E-state index contributed by atoms with van der Waals surface area (Å²) in [6, 6.07) is 6.12. The van der Waals surface area contributed by atoms with Crippen LogP contribution in [0.15, 0.2) is 23.0 Å². The van der Waals surface area contributed by atoms with Gasteiger partial charge in [-0.15, -0.1) is 0 Å².